The van der Waals surface area contributed by atoms with Crippen LogP contribution < -0.4 is 5.32 Å². The zero-order valence-corrected chi connectivity index (χ0v) is 6.39. The lowest BCUT2D eigenvalue weighted by molar-refractivity contribution is -0.121. The summed E-state index contributed by atoms with van der Waals surface area (Å²) in [5.41, 5.74) is 0. The quantitative estimate of drug-likeness (QED) is 0.593. The first kappa shape index (κ1) is 7.54. The van der Waals surface area contributed by atoms with Crippen LogP contribution in [0.2, 0.25) is 0 Å². The minimum atomic E-state index is 0.145. The molecule has 0 aromatic heterocycles. The summed E-state index contributed by atoms with van der Waals surface area (Å²) >= 11 is 0. The molecule has 1 amide bonds. The highest BCUT2D eigenvalue weighted by molar-refractivity contribution is 5.75. The number of carbonyl (C=O) groups excluding carboxylic acids is 1. The van der Waals surface area contributed by atoms with Gasteiger partial charge < -0.3 is 10.2 Å². The SMILES string of the molecule is CNC(=O)CCN1CCC1. The molecule has 0 aromatic rings. The second kappa shape index (κ2) is 3.56. The van der Waals surface area contributed by atoms with Gasteiger partial charge in [-0.2, -0.15) is 0 Å². The summed E-state index contributed by atoms with van der Waals surface area (Å²) < 4.78 is 0. The largest absolute Gasteiger partial charge is 0.359 e. The van der Waals surface area contributed by atoms with Crippen LogP contribution in [0.4, 0.5) is 0 Å². The van der Waals surface area contributed by atoms with E-state index in [-0.39, 0.29) is 5.91 Å². The van der Waals surface area contributed by atoms with Gasteiger partial charge in [-0.3, -0.25) is 4.79 Å². The molecule has 10 heavy (non-hydrogen) atoms. The fourth-order valence-corrected chi connectivity index (χ4v) is 0.990. The highest BCUT2D eigenvalue weighted by atomic mass is 16.1. The van der Waals surface area contributed by atoms with E-state index in [1.807, 2.05) is 0 Å². The average Bonchev–Trinajstić information content (AvgIpc) is 1.84. The molecule has 1 rings (SSSR count). The Bertz CT molecular complexity index is 121. The number of nitrogens with zero attached hydrogens (tertiary/aromatic N) is 1. The van der Waals surface area contributed by atoms with Crippen LogP contribution in [0, 0.1) is 0 Å². The van der Waals surface area contributed by atoms with Crippen LogP contribution >= 0.6 is 0 Å². The fraction of sp³-hybridized carbons (Fsp3) is 0.857. The standard InChI is InChI=1S/C7H14N2O/c1-8-7(10)3-6-9-4-2-5-9/h2-6H2,1H3,(H,8,10). The normalized spacial score (nSPS) is 18.1. The number of rotatable bonds is 3. The summed E-state index contributed by atoms with van der Waals surface area (Å²) in [6.45, 7) is 3.29. The van der Waals surface area contributed by atoms with Crippen molar-refractivity contribution in [1.29, 1.82) is 0 Å². The fourth-order valence-electron chi connectivity index (χ4n) is 0.990. The van der Waals surface area contributed by atoms with Gasteiger partial charge >= 0.3 is 0 Å². The van der Waals surface area contributed by atoms with Crippen molar-refractivity contribution in [2.24, 2.45) is 0 Å². The summed E-state index contributed by atoms with van der Waals surface area (Å²) in [5.74, 6) is 0.145. The zero-order valence-electron chi connectivity index (χ0n) is 6.39. The van der Waals surface area contributed by atoms with Crippen molar-refractivity contribution < 1.29 is 4.79 Å². The van der Waals surface area contributed by atoms with E-state index in [1.165, 1.54) is 19.5 Å². The van der Waals surface area contributed by atoms with E-state index >= 15 is 0 Å². The molecule has 1 heterocycles. The molecule has 0 aliphatic carbocycles. The van der Waals surface area contributed by atoms with Crippen molar-refractivity contribution in [3.63, 3.8) is 0 Å². The minimum Gasteiger partial charge on any atom is -0.359 e. The lowest BCUT2D eigenvalue weighted by Crippen LogP contribution is -2.39. The van der Waals surface area contributed by atoms with Crippen molar-refractivity contribution in [1.82, 2.24) is 10.2 Å². The van der Waals surface area contributed by atoms with Crippen molar-refractivity contribution in [2.45, 2.75) is 12.8 Å². The van der Waals surface area contributed by atoms with Gasteiger partial charge in [0.05, 0.1) is 0 Å². The van der Waals surface area contributed by atoms with E-state index in [0.717, 1.165) is 6.54 Å². The molecule has 1 fully saturated rings. The van der Waals surface area contributed by atoms with Gasteiger partial charge in [0.25, 0.3) is 0 Å². The first-order chi connectivity index (χ1) is 4.83. The number of hydrogen-bond acceptors (Lipinski definition) is 2. The van der Waals surface area contributed by atoms with Gasteiger partial charge in [-0.1, -0.05) is 0 Å². The summed E-state index contributed by atoms with van der Waals surface area (Å²) in [6.07, 6.45) is 1.95. The molecular weight excluding hydrogens is 128 g/mol. The molecule has 0 aromatic carbocycles. The number of carbonyl (C=O) groups is 1. The second-order valence-corrected chi connectivity index (χ2v) is 2.62. The van der Waals surface area contributed by atoms with Crippen LogP contribution in [0.3, 0.4) is 0 Å². The Morgan fingerprint density at radius 3 is 2.70 bits per heavy atom. The lowest BCUT2D eigenvalue weighted by atomic mass is 10.2. The molecule has 3 heteroatoms. The van der Waals surface area contributed by atoms with Crippen molar-refractivity contribution >= 4 is 5.91 Å². The molecule has 0 atom stereocenters. The Balaban J connectivity index is 1.98. The van der Waals surface area contributed by atoms with Crippen LogP contribution in [0.1, 0.15) is 12.8 Å². The second-order valence-electron chi connectivity index (χ2n) is 2.62. The molecule has 1 N–H and O–H groups in total. The predicted octanol–water partition coefficient (Wildman–Crippen LogP) is -0.172. The highest BCUT2D eigenvalue weighted by Crippen LogP contribution is 2.05. The predicted molar refractivity (Wildman–Crippen MR) is 39.7 cm³/mol. The van der Waals surface area contributed by atoms with E-state index in [9.17, 15) is 4.79 Å². The van der Waals surface area contributed by atoms with Crippen LogP contribution in [0.5, 0.6) is 0 Å². The third-order valence-electron chi connectivity index (χ3n) is 1.88. The number of hydrogen-bond donors (Lipinski definition) is 1. The van der Waals surface area contributed by atoms with Gasteiger partial charge in [0.1, 0.15) is 0 Å². The maximum absolute atomic E-state index is 10.7. The number of amides is 1. The Morgan fingerprint density at radius 1 is 1.60 bits per heavy atom. The topological polar surface area (TPSA) is 32.3 Å². The summed E-state index contributed by atoms with van der Waals surface area (Å²) in [5, 5.41) is 2.60. The molecule has 0 radical (unpaired) electrons. The van der Waals surface area contributed by atoms with Gasteiger partial charge in [0, 0.05) is 20.0 Å². The molecule has 0 unspecified atom stereocenters. The summed E-state index contributed by atoms with van der Waals surface area (Å²) in [6, 6.07) is 0. The van der Waals surface area contributed by atoms with Crippen LogP contribution in [0.25, 0.3) is 0 Å². The van der Waals surface area contributed by atoms with Gasteiger partial charge in [-0.25, -0.2) is 0 Å². The molecule has 0 spiro atoms. The minimum absolute atomic E-state index is 0.145. The van der Waals surface area contributed by atoms with Gasteiger partial charge in [-0.05, 0) is 19.5 Å². The molecule has 0 saturated carbocycles. The van der Waals surface area contributed by atoms with Crippen molar-refractivity contribution in [3.8, 4) is 0 Å². The van der Waals surface area contributed by atoms with E-state index < -0.39 is 0 Å². The molecule has 1 saturated heterocycles. The third-order valence-corrected chi connectivity index (χ3v) is 1.88. The molecule has 1 aliphatic heterocycles. The Hall–Kier alpha value is -0.570. The Morgan fingerprint density at radius 2 is 2.30 bits per heavy atom. The molecular formula is C7H14N2O. The van der Waals surface area contributed by atoms with E-state index in [4.69, 9.17) is 0 Å². The van der Waals surface area contributed by atoms with Crippen LogP contribution in [-0.4, -0.2) is 37.5 Å². The smallest absolute Gasteiger partial charge is 0.221 e. The van der Waals surface area contributed by atoms with E-state index in [1.54, 1.807) is 7.05 Å². The zero-order chi connectivity index (χ0) is 7.40. The number of nitrogens with one attached hydrogen (secondary N) is 1. The maximum atomic E-state index is 10.7. The van der Waals surface area contributed by atoms with Gasteiger partial charge in [0.15, 0.2) is 0 Å². The number of likely N-dealkylation sites (tertiary alicyclic amines) is 1. The molecule has 3 nitrogen and oxygen atoms in total. The monoisotopic (exact) mass is 142 g/mol. The van der Waals surface area contributed by atoms with Crippen molar-refractivity contribution in [3.05, 3.63) is 0 Å². The Labute approximate surface area is 61.4 Å². The molecule has 0 bridgehead atoms. The van der Waals surface area contributed by atoms with Crippen LogP contribution in [0.15, 0.2) is 0 Å². The molecule has 58 valence electrons. The Kier molecular flexibility index (Phi) is 2.68. The third kappa shape index (κ3) is 1.99. The summed E-state index contributed by atoms with van der Waals surface area (Å²) in [7, 11) is 1.68. The first-order valence-electron chi connectivity index (χ1n) is 3.76. The average molecular weight is 142 g/mol. The first-order valence-corrected chi connectivity index (χ1v) is 3.76. The van der Waals surface area contributed by atoms with E-state index in [0.29, 0.717) is 6.42 Å². The van der Waals surface area contributed by atoms with Crippen LogP contribution in [-0.2, 0) is 4.79 Å². The van der Waals surface area contributed by atoms with Gasteiger partial charge in [-0.15, -0.1) is 0 Å². The highest BCUT2D eigenvalue weighted by Gasteiger charge is 2.13. The van der Waals surface area contributed by atoms with Crippen molar-refractivity contribution in [2.75, 3.05) is 26.7 Å². The molecule has 1 aliphatic rings. The summed E-state index contributed by atoms with van der Waals surface area (Å²) in [4.78, 5) is 13.0. The lowest BCUT2D eigenvalue weighted by Gasteiger charge is -2.30. The van der Waals surface area contributed by atoms with E-state index in [2.05, 4.69) is 10.2 Å². The maximum Gasteiger partial charge on any atom is 0.221 e. The van der Waals surface area contributed by atoms with Gasteiger partial charge in [0.2, 0.25) is 5.91 Å².